The molecule has 0 fully saturated rings. The van der Waals surface area contributed by atoms with Crippen molar-refractivity contribution in [2.45, 2.75) is 32.5 Å². The molecule has 0 bridgehead atoms. The first kappa shape index (κ1) is 21.7. The maximum atomic E-state index is 9.42. The molecule has 0 saturated carbocycles. The molecule has 32 heavy (non-hydrogen) atoms. The van der Waals surface area contributed by atoms with Crippen molar-refractivity contribution in [3.8, 4) is 11.3 Å². The Balaban J connectivity index is 1.58. The fourth-order valence-electron chi connectivity index (χ4n) is 3.37. The number of benzene rings is 1. The Bertz CT molecular complexity index is 1160. The molecule has 4 aromatic rings. The minimum absolute atomic E-state index is 0.171. The summed E-state index contributed by atoms with van der Waals surface area (Å²) in [6.45, 7) is 4.21. The quantitative estimate of drug-likeness (QED) is 0.319. The summed E-state index contributed by atoms with van der Waals surface area (Å²) < 4.78 is 1.96. The van der Waals surface area contributed by atoms with Gasteiger partial charge in [-0.2, -0.15) is 9.97 Å². The highest BCUT2D eigenvalue weighted by Gasteiger charge is 2.17. The zero-order valence-electron chi connectivity index (χ0n) is 18.2. The molecule has 9 heteroatoms. The van der Waals surface area contributed by atoms with Crippen molar-refractivity contribution >= 4 is 22.9 Å². The predicted octanol–water partition coefficient (Wildman–Crippen LogP) is 2.27. The molecule has 3 heterocycles. The smallest absolute Gasteiger partial charge is 0.227 e. The van der Waals surface area contributed by atoms with Crippen molar-refractivity contribution in [2.24, 2.45) is 0 Å². The molecule has 0 aliphatic heterocycles. The molecule has 0 radical (unpaired) electrons. The van der Waals surface area contributed by atoms with Gasteiger partial charge in [-0.05, 0) is 37.6 Å². The first-order valence-corrected chi connectivity index (χ1v) is 10.6. The number of rotatable bonds is 9. The maximum Gasteiger partial charge on any atom is 0.227 e. The number of anilines is 2. The molecule has 0 amide bonds. The molecule has 4 rings (SSSR count). The third kappa shape index (κ3) is 4.68. The van der Waals surface area contributed by atoms with Gasteiger partial charge in [-0.15, -0.1) is 0 Å². The number of aromatic amines is 1. The van der Waals surface area contributed by atoms with E-state index < -0.39 is 6.04 Å². The summed E-state index contributed by atoms with van der Waals surface area (Å²) >= 11 is 0. The van der Waals surface area contributed by atoms with E-state index in [2.05, 4.69) is 68.7 Å². The summed E-state index contributed by atoms with van der Waals surface area (Å²) in [7, 11) is 0. The average Bonchev–Trinajstić information content (AvgIpc) is 3.26. The maximum absolute atomic E-state index is 9.42. The molecule has 0 aliphatic rings. The van der Waals surface area contributed by atoms with Gasteiger partial charge < -0.3 is 25.4 Å². The summed E-state index contributed by atoms with van der Waals surface area (Å²) in [6, 6.07) is 13.9. The lowest BCUT2D eigenvalue weighted by Crippen LogP contribution is -2.28. The number of hydrogen-bond donors (Lipinski definition) is 4. The van der Waals surface area contributed by atoms with Gasteiger partial charge >= 0.3 is 0 Å². The number of aliphatic hydroxyl groups is 2. The molecular formula is C23H28N7O2+. The number of hydrogen-bond acceptors (Lipinski definition) is 7. The van der Waals surface area contributed by atoms with Crippen LogP contribution in [0.4, 0.5) is 11.8 Å². The number of fused-ring (bicyclic) bond motifs is 1. The van der Waals surface area contributed by atoms with Crippen LogP contribution in [0, 0.1) is 0 Å². The summed E-state index contributed by atoms with van der Waals surface area (Å²) in [5.74, 6) is 0.914. The third-order valence-electron chi connectivity index (χ3n) is 5.19. The number of imidazole rings is 1. The Morgan fingerprint density at radius 2 is 1.81 bits per heavy atom. The number of nitrogens with one attached hydrogen (secondary N) is 3. The van der Waals surface area contributed by atoms with Crippen LogP contribution in [-0.2, 0) is 6.54 Å². The third-order valence-corrected chi connectivity index (χ3v) is 5.19. The second-order valence-electron chi connectivity index (χ2n) is 7.85. The van der Waals surface area contributed by atoms with E-state index in [0.717, 1.165) is 16.8 Å². The Morgan fingerprint density at radius 1 is 1.03 bits per heavy atom. The first-order valence-electron chi connectivity index (χ1n) is 10.6. The van der Waals surface area contributed by atoms with Crippen LogP contribution in [0.5, 0.6) is 0 Å². The zero-order chi connectivity index (χ0) is 22.5. The largest absolute Gasteiger partial charge is 0.394 e. The number of H-pyrrole nitrogens is 1. The van der Waals surface area contributed by atoms with Gasteiger partial charge in [-0.3, -0.25) is 0 Å². The van der Waals surface area contributed by atoms with Crippen molar-refractivity contribution in [1.82, 2.24) is 19.5 Å². The Hall–Kier alpha value is -3.56. The predicted molar refractivity (Wildman–Crippen MR) is 123 cm³/mol. The van der Waals surface area contributed by atoms with E-state index >= 15 is 0 Å². The van der Waals surface area contributed by atoms with Crippen LogP contribution in [0.1, 0.15) is 25.5 Å². The van der Waals surface area contributed by atoms with Crippen molar-refractivity contribution in [3.63, 3.8) is 0 Å². The summed E-state index contributed by atoms with van der Waals surface area (Å²) in [5.41, 5.74) is 4.62. The average molecular weight is 435 g/mol. The number of nitrogens with zero attached hydrogens (tertiary/aromatic N) is 4. The van der Waals surface area contributed by atoms with E-state index in [9.17, 15) is 10.2 Å². The van der Waals surface area contributed by atoms with Crippen LogP contribution >= 0.6 is 0 Å². The lowest BCUT2D eigenvalue weighted by Gasteiger charge is -2.15. The fraction of sp³-hybridized carbons (Fsp3) is 0.304. The standard InChI is InChI=1S/C23H27N7O2/c1-15(2)30-14-26-20-21(28-23(29-22(20)30)27-18(12-31)13-32)25-11-16-6-8-17(9-7-16)19-5-3-4-10-24-19/h3-10,14-15,18,31-32H,11-13H2,1-2H3,(H2,25,27,28,29)/p+1. The van der Waals surface area contributed by atoms with Crippen molar-refractivity contribution in [1.29, 1.82) is 0 Å². The molecular weight excluding hydrogens is 406 g/mol. The van der Waals surface area contributed by atoms with Crippen molar-refractivity contribution in [3.05, 3.63) is 60.6 Å². The van der Waals surface area contributed by atoms with Gasteiger partial charge in [0.2, 0.25) is 11.6 Å². The molecule has 0 saturated heterocycles. The minimum Gasteiger partial charge on any atom is -0.394 e. The van der Waals surface area contributed by atoms with E-state index in [1.54, 1.807) is 6.33 Å². The Morgan fingerprint density at radius 3 is 2.47 bits per heavy atom. The topological polar surface area (TPSA) is 122 Å². The van der Waals surface area contributed by atoms with Gasteiger partial charge in [0.05, 0.1) is 25.6 Å². The molecule has 3 aromatic heterocycles. The second-order valence-corrected chi connectivity index (χ2v) is 7.85. The van der Waals surface area contributed by atoms with Gasteiger partial charge in [0, 0.05) is 30.3 Å². The van der Waals surface area contributed by atoms with Crippen LogP contribution in [-0.4, -0.2) is 49.0 Å². The van der Waals surface area contributed by atoms with E-state index in [4.69, 9.17) is 0 Å². The van der Waals surface area contributed by atoms with Crippen LogP contribution in [0.15, 0.2) is 55.0 Å². The zero-order valence-corrected chi connectivity index (χ0v) is 18.2. The van der Waals surface area contributed by atoms with Crippen molar-refractivity contribution < 1.29 is 15.2 Å². The fourth-order valence-corrected chi connectivity index (χ4v) is 3.37. The lowest BCUT2D eigenvalue weighted by molar-refractivity contribution is -0.364. The van der Waals surface area contributed by atoms with E-state index in [1.807, 2.05) is 29.0 Å². The van der Waals surface area contributed by atoms with Crippen LogP contribution in [0.2, 0.25) is 0 Å². The summed E-state index contributed by atoms with van der Waals surface area (Å²) in [4.78, 5) is 16.9. The summed E-state index contributed by atoms with van der Waals surface area (Å²) in [6.07, 6.45) is 3.66. The molecule has 166 valence electrons. The van der Waals surface area contributed by atoms with Crippen LogP contribution in [0.3, 0.4) is 0 Å². The molecule has 0 atom stereocenters. The molecule has 0 spiro atoms. The Kier molecular flexibility index (Phi) is 6.58. The van der Waals surface area contributed by atoms with E-state index in [1.165, 1.54) is 0 Å². The molecule has 9 nitrogen and oxygen atoms in total. The Labute approximate surface area is 186 Å². The van der Waals surface area contributed by atoms with E-state index in [0.29, 0.717) is 29.5 Å². The second kappa shape index (κ2) is 9.71. The van der Waals surface area contributed by atoms with Gasteiger partial charge in [-0.1, -0.05) is 12.1 Å². The number of pyridine rings is 1. The highest BCUT2D eigenvalue weighted by molar-refractivity contribution is 5.84. The highest BCUT2D eigenvalue weighted by Crippen LogP contribution is 2.24. The van der Waals surface area contributed by atoms with Crippen LogP contribution < -0.4 is 15.6 Å². The molecule has 0 unspecified atom stereocenters. The number of aromatic nitrogens is 5. The highest BCUT2D eigenvalue weighted by atomic mass is 16.3. The number of aliphatic hydroxyl groups excluding tert-OH is 2. The molecule has 5 N–H and O–H groups in total. The van der Waals surface area contributed by atoms with Crippen molar-refractivity contribution in [2.75, 3.05) is 23.8 Å². The van der Waals surface area contributed by atoms with E-state index in [-0.39, 0.29) is 19.3 Å². The van der Waals surface area contributed by atoms with Crippen LogP contribution in [0.25, 0.3) is 22.4 Å². The van der Waals surface area contributed by atoms with Gasteiger partial charge in [0.15, 0.2) is 23.2 Å². The molecule has 0 aliphatic carbocycles. The van der Waals surface area contributed by atoms with Gasteiger partial charge in [-0.25, -0.2) is 9.97 Å². The monoisotopic (exact) mass is 434 g/mol. The lowest BCUT2D eigenvalue weighted by atomic mass is 10.1. The normalized spacial score (nSPS) is 11.4. The van der Waals surface area contributed by atoms with Gasteiger partial charge in [0.25, 0.3) is 0 Å². The van der Waals surface area contributed by atoms with Gasteiger partial charge in [0.1, 0.15) is 0 Å². The summed E-state index contributed by atoms with van der Waals surface area (Å²) in [5, 5.41) is 25.2. The first-order chi connectivity index (χ1) is 15.6. The molecule has 1 aromatic carbocycles. The minimum atomic E-state index is -0.543. The SMILES string of the molecule is CC(C)n1cnc2c(NCc3ccc(-c4cccc[nH+]4)cc3)nc(NC(CO)CO)nc21.